The van der Waals surface area contributed by atoms with Gasteiger partial charge in [-0.3, -0.25) is 9.59 Å². The molecule has 6 heteroatoms. The molecule has 1 aliphatic rings. The number of nitrogen functional groups attached to an aromatic ring is 1. The molecule has 0 aliphatic heterocycles. The van der Waals surface area contributed by atoms with Crippen LogP contribution in [-0.2, 0) is 4.79 Å². The molecule has 19 heavy (non-hydrogen) atoms. The van der Waals surface area contributed by atoms with Crippen LogP contribution in [0.4, 0.5) is 5.69 Å². The van der Waals surface area contributed by atoms with E-state index in [2.05, 4.69) is 21.2 Å². The van der Waals surface area contributed by atoms with Gasteiger partial charge in [-0.05, 0) is 40.5 Å². The van der Waals surface area contributed by atoms with Crippen LogP contribution in [0.15, 0.2) is 34.8 Å². The summed E-state index contributed by atoms with van der Waals surface area (Å²) in [7, 11) is 0. The summed E-state index contributed by atoms with van der Waals surface area (Å²) < 4.78 is 0.649. The van der Waals surface area contributed by atoms with E-state index in [9.17, 15) is 9.59 Å². The Morgan fingerprint density at radius 2 is 2.11 bits per heavy atom. The van der Waals surface area contributed by atoms with E-state index < -0.39 is 11.9 Å². The molecule has 2 rings (SSSR count). The molecule has 0 spiro atoms. The summed E-state index contributed by atoms with van der Waals surface area (Å²) in [6.45, 7) is 0. The number of carboxylic acids is 1. The molecule has 2 unspecified atom stereocenters. The van der Waals surface area contributed by atoms with Crippen LogP contribution < -0.4 is 11.1 Å². The van der Waals surface area contributed by atoms with Gasteiger partial charge in [0.15, 0.2) is 0 Å². The third-order valence-electron chi connectivity index (χ3n) is 2.95. The summed E-state index contributed by atoms with van der Waals surface area (Å²) in [6.07, 6.45) is 3.68. The zero-order chi connectivity index (χ0) is 14.0. The van der Waals surface area contributed by atoms with Gasteiger partial charge in [0, 0.05) is 16.2 Å². The predicted molar refractivity (Wildman–Crippen MR) is 74.7 cm³/mol. The minimum atomic E-state index is -0.877. The molecule has 2 atom stereocenters. The molecule has 1 amide bonds. The van der Waals surface area contributed by atoms with Gasteiger partial charge in [0.2, 0.25) is 0 Å². The molecule has 0 fully saturated rings. The number of carbonyl (C=O) groups is 2. The Bertz CT molecular complexity index is 557. The van der Waals surface area contributed by atoms with E-state index in [4.69, 9.17) is 10.8 Å². The molecule has 0 radical (unpaired) electrons. The van der Waals surface area contributed by atoms with Crippen molar-refractivity contribution >= 4 is 33.5 Å². The van der Waals surface area contributed by atoms with Crippen molar-refractivity contribution in [1.29, 1.82) is 0 Å². The van der Waals surface area contributed by atoms with Crippen molar-refractivity contribution in [3.8, 4) is 0 Å². The van der Waals surface area contributed by atoms with E-state index >= 15 is 0 Å². The van der Waals surface area contributed by atoms with Crippen molar-refractivity contribution in [3.05, 3.63) is 40.4 Å². The van der Waals surface area contributed by atoms with Gasteiger partial charge in [0.25, 0.3) is 5.91 Å². The van der Waals surface area contributed by atoms with Gasteiger partial charge in [-0.1, -0.05) is 12.2 Å². The van der Waals surface area contributed by atoms with E-state index in [1.807, 2.05) is 0 Å². The monoisotopic (exact) mass is 324 g/mol. The lowest BCUT2D eigenvalue weighted by Gasteiger charge is -2.13. The molecule has 1 aromatic carbocycles. The number of rotatable bonds is 3. The molecule has 1 aliphatic carbocycles. The molecule has 0 aromatic heterocycles. The Morgan fingerprint density at radius 3 is 2.74 bits per heavy atom. The molecule has 5 nitrogen and oxygen atoms in total. The highest BCUT2D eigenvalue weighted by molar-refractivity contribution is 9.10. The molecule has 1 aromatic rings. The van der Waals surface area contributed by atoms with Gasteiger partial charge in [-0.25, -0.2) is 0 Å². The van der Waals surface area contributed by atoms with Gasteiger partial charge < -0.3 is 16.2 Å². The topological polar surface area (TPSA) is 92.4 Å². The van der Waals surface area contributed by atoms with E-state index in [1.54, 1.807) is 30.4 Å². The third kappa shape index (κ3) is 3.14. The Balaban J connectivity index is 2.05. The minimum Gasteiger partial charge on any atom is -0.481 e. The first kappa shape index (κ1) is 13.6. The first-order valence-electron chi connectivity index (χ1n) is 5.74. The van der Waals surface area contributed by atoms with Gasteiger partial charge >= 0.3 is 5.97 Å². The Kier molecular flexibility index (Phi) is 3.90. The summed E-state index contributed by atoms with van der Waals surface area (Å²) in [5.74, 6) is -1.69. The number of nitrogens with one attached hydrogen (secondary N) is 1. The first-order valence-corrected chi connectivity index (χ1v) is 6.53. The lowest BCUT2D eigenvalue weighted by atomic mass is 10.1. The molecule has 4 N–H and O–H groups in total. The molecular formula is C13H13BrN2O3. The van der Waals surface area contributed by atoms with Crippen LogP contribution in [0.25, 0.3) is 0 Å². The molecule has 0 heterocycles. The predicted octanol–water partition coefficient (Wildman–Crippen LogP) is 1.79. The highest BCUT2D eigenvalue weighted by Crippen LogP contribution is 2.22. The lowest BCUT2D eigenvalue weighted by molar-refractivity contribution is -0.140. The Morgan fingerprint density at radius 1 is 1.37 bits per heavy atom. The lowest BCUT2D eigenvalue weighted by Crippen LogP contribution is -2.33. The van der Waals surface area contributed by atoms with E-state index in [-0.39, 0.29) is 11.9 Å². The fourth-order valence-electron chi connectivity index (χ4n) is 1.95. The van der Waals surface area contributed by atoms with Crippen molar-refractivity contribution in [2.45, 2.75) is 12.5 Å². The maximum absolute atomic E-state index is 12.1. The molecule has 0 saturated carbocycles. The zero-order valence-electron chi connectivity index (χ0n) is 9.97. The second-order valence-corrected chi connectivity index (χ2v) is 5.24. The summed E-state index contributed by atoms with van der Waals surface area (Å²) in [6, 6.07) is 4.71. The fraction of sp³-hybridized carbons (Fsp3) is 0.231. The van der Waals surface area contributed by atoms with E-state index in [0.29, 0.717) is 22.1 Å². The Labute approximate surface area is 118 Å². The van der Waals surface area contributed by atoms with Crippen LogP contribution in [-0.4, -0.2) is 23.0 Å². The van der Waals surface area contributed by atoms with Crippen LogP contribution in [0.3, 0.4) is 0 Å². The molecular weight excluding hydrogens is 312 g/mol. The van der Waals surface area contributed by atoms with Gasteiger partial charge in [0.05, 0.1) is 11.5 Å². The molecule has 0 bridgehead atoms. The van der Waals surface area contributed by atoms with Gasteiger partial charge in [0.1, 0.15) is 0 Å². The summed E-state index contributed by atoms with van der Waals surface area (Å²) in [5, 5.41) is 11.6. The average molecular weight is 325 g/mol. The summed E-state index contributed by atoms with van der Waals surface area (Å²) in [5.41, 5.74) is 6.58. The first-order chi connectivity index (χ1) is 8.97. The maximum Gasteiger partial charge on any atom is 0.310 e. The van der Waals surface area contributed by atoms with Crippen LogP contribution in [0.1, 0.15) is 16.8 Å². The number of hydrogen-bond donors (Lipinski definition) is 3. The number of amides is 1. The maximum atomic E-state index is 12.1. The quantitative estimate of drug-likeness (QED) is 0.583. The second kappa shape index (κ2) is 5.44. The molecule has 100 valence electrons. The average Bonchev–Trinajstić information content (AvgIpc) is 2.80. The van der Waals surface area contributed by atoms with E-state index in [0.717, 1.165) is 0 Å². The normalized spacial score (nSPS) is 21.3. The number of halogens is 1. The number of hydrogen-bond acceptors (Lipinski definition) is 3. The zero-order valence-corrected chi connectivity index (χ0v) is 11.6. The van der Waals surface area contributed by atoms with Crippen LogP contribution in [0, 0.1) is 5.92 Å². The minimum absolute atomic E-state index is 0.262. The van der Waals surface area contributed by atoms with E-state index in [1.165, 1.54) is 0 Å². The van der Waals surface area contributed by atoms with Crippen LogP contribution in [0.2, 0.25) is 0 Å². The van der Waals surface area contributed by atoms with Crippen molar-refractivity contribution in [1.82, 2.24) is 5.32 Å². The van der Waals surface area contributed by atoms with Gasteiger partial charge in [-0.2, -0.15) is 0 Å². The number of aliphatic carboxylic acids is 1. The number of nitrogens with two attached hydrogens (primary N) is 1. The van der Waals surface area contributed by atoms with Crippen molar-refractivity contribution in [2.24, 2.45) is 5.92 Å². The highest BCUT2D eigenvalue weighted by atomic mass is 79.9. The Hall–Kier alpha value is -1.82. The highest BCUT2D eigenvalue weighted by Gasteiger charge is 2.26. The van der Waals surface area contributed by atoms with Crippen molar-refractivity contribution in [3.63, 3.8) is 0 Å². The number of benzene rings is 1. The van der Waals surface area contributed by atoms with Crippen molar-refractivity contribution in [2.75, 3.05) is 5.73 Å². The molecule has 0 saturated heterocycles. The van der Waals surface area contributed by atoms with Crippen molar-refractivity contribution < 1.29 is 14.7 Å². The van der Waals surface area contributed by atoms with Crippen LogP contribution >= 0.6 is 15.9 Å². The number of anilines is 1. The van der Waals surface area contributed by atoms with Gasteiger partial charge in [-0.15, -0.1) is 0 Å². The number of carboxylic acid groups (broad SMARTS) is 1. The summed E-state index contributed by atoms with van der Waals surface area (Å²) >= 11 is 3.29. The standard InChI is InChI=1S/C13H13BrN2O3/c14-11-4-2-8(15)6-10(11)12(17)16-9-3-1-7(5-9)13(18)19/h1-4,6-7,9H,5,15H2,(H,16,17)(H,18,19). The SMILES string of the molecule is Nc1ccc(Br)c(C(=O)NC2C=CC(C(=O)O)C2)c1. The second-order valence-electron chi connectivity index (χ2n) is 4.38. The summed E-state index contributed by atoms with van der Waals surface area (Å²) in [4.78, 5) is 22.9. The largest absolute Gasteiger partial charge is 0.481 e. The smallest absolute Gasteiger partial charge is 0.310 e. The number of carbonyl (C=O) groups excluding carboxylic acids is 1. The van der Waals surface area contributed by atoms with Crippen LogP contribution in [0.5, 0.6) is 0 Å². The fourth-order valence-corrected chi connectivity index (χ4v) is 2.38. The third-order valence-corrected chi connectivity index (χ3v) is 3.64.